The maximum Gasteiger partial charge on any atom is 0.433 e. The topological polar surface area (TPSA) is 62.9 Å². The zero-order valence-corrected chi connectivity index (χ0v) is 25.6. The molecule has 0 N–H and O–H groups in total. The first-order chi connectivity index (χ1) is 21.2. The summed E-state index contributed by atoms with van der Waals surface area (Å²) in [5, 5.41) is 14.4. The lowest BCUT2D eigenvalue weighted by Gasteiger charge is -2.28. The summed E-state index contributed by atoms with van der Waals surface area (Å²) in [6, 6.07) is 17.2. The lowest BCUT2D eigenvalue weighted by Crippen LogP contribution is -2.31. The fourth-order valence-corrected chi connectivity index (χ4v) is 7.59. The van der Waals surface area contributed by atoms with Crippen molar-refractivity contribution in [3.05, 3.63) is 104 Å². The van der Waals surface area contributed by atoms with Crippen LogP contribution < -0.4 is 0 Å². The SMILES string of the molecule is CC(C)c1ccc(-c2cc(C(F)(F)F)n3nc(C(=O)N4N=C5/C(=C/c6cccs6)CCC[C@@H]5[C@H]4c4cccs4)cc3n2)cc1. The van der Waals surface area contributed by atoms with E-state index in [1.165, 1.54) is 11.1 Å². The summed E-state index contributed by atoms with van der Waals surface area (Å²) in [4.78, 5) is 20.7. The predicted molar refractivity (Wildman–Crippen MR) is 168 cm³/mol. The van der Waals surface area contributed by atoms with Crippen molar-refractivity contribution in [3.63, 3.8) is 0 Å². The van der Waals surface area contributed by atoms with Gasteiger partial charge in [0.2, 0.25) is 0 Å². The van der Waals surface area contributed by atoms with Gasteiger partial charge < -0.3 is 0 Å². The van der Waals surface area contributed by atoms with E-state index in [-0.39, 0.29) is 34.9 Å². The first kappa shape index (κ1) is 28.7. The van der Waals surface area contributed by atoms with Crippen LogP contribution in [0.25, 0.3) is 23.0 Å². The maximum atomic E-state index is 14.3. The molecular formula is C33H28F3N5OS2. The molecule has 0 radical (unpaired) electrons. The molecule has 1 saturated carbocycles. The summed E-state index contributed by atoms with van der Waals surface area (Å²) in [6.45, 7) is 4.10. The molecule has 5 aromatic rings. The molecular weight excluding hydrogens is 604 g/mol. The zero-order chi connectivity index (χ0) is 30.6. The van der Waals surface area contributed by atoms with Gasteiger partial charge in [-0.2, -0.15) is 23.4 Å². The van der Waals surface area contributed by atoms with Gasteiger partial charge >= 0.3 is 6.18 Å². The molecule has 7 rings (SSSR count). The van der Waals surface area contributed by atoms with Gasteiger partial charge in [0.15, 0.2) is 17.0 Å². The van der Waals surface area contributed by atoms with E-state index in [9.17, 15) is 18.0 Å². The Kier molecular flexibility index (Phi) is 7.25. The lowest BCUT2D eigenvalue weighted by molar-refractivity contribution is -0.142. The van der Waals surface area contributed by atoms with Crippen molar-refractivity contribution < 1.29 is 18.0 Å². The number of hydrogen-bond donors (Lipinski definition) is 0. The molecule has 5 heterocycles. The number of hydrazone groups is 1. The molecule has 2 atom stereocenters. The second-order valence-corrected chi connectivity index (χ2v) is 13.3. The largest absolute Gasteiger partial charge is 0.433 e. The monoisotopic (exact) mass is 631 g/mol. The van der Waals surface area contributed by atoms with Crippen LogP contribution in [0.3, 0.4) is 0 Å². The van der Waals surface area contributed by atoms with Crippen LogP contribution in [0.4, 0.5) is 13.2 Å². The second-order valence-electron chi connectivity index (χ2n) is 11.4. The number of rotatable bonds is 5. The first-order valence-electron chi connectivity index (χ1n) is 14.5. The molecule has 1 aliphatic heterocycles. The van der Waals surface area contributed by atoms with Crippen LogP contribution in [0.15, 0.2) is 82.1 Å². The number of fused-ring (bicyclic) bond motifs is 2. The van der Waals surface area contributed by atoms with Crippen LogP contribution in [0.5, 0.6) is 0 Å². The Morgan fingerprint density at radius 2 is 1.82 bits per heavy atom. The quantitative estimate of drug-likeness (QED) is 0.194. The minimum atomic E-state index is -4.72. The van der Waals surface area contributed by atoms with Crippen molar-refractivity contribution in [2.75, 3.05) is 0 Å². The van der Waals surface area contributed by atoms with E-state index in [4.69, 9.17) is 5.10 Å². The summed E-state index contributed by atoms with van der Waals surface area (Å²) in [7, 11) is 0. The molecule has 6 nitrogen and oxygen atoms in total. The Hall–Kier alpha value is -4.09. The molecule has 1 fully saturated rings. The van der Waals surface area contributed by atoms with E-state index < -0.39 is 17.8 Å². The van der Waals surface area contributed by atoms with Crippen molar-refractivity contribution >= 4 is 46.0 Å². The summed E-state index contributed by atoms with van der Waals surface area (Å²) in [5.74, 6) is -0.284. The van der Waals surface area contributed by atoms with Crippen LogP contribution >= 0.6 is 22.7 Å². The summed E-state index contributed by atoms with van der Waals surface area (Å²) in [5.41, 5.74) is 2.54. The molecule has 2 aliphatic rings. The third-order valence-corrected chi connectivity index (χ3v) is 9.98. The number of halogens is 3. The van der Waals surface area contributed by atoms with Crippen molar-refractivity contribution in [1.82, 2.24) is 19.6 Å². The van der Waals surface area contributed by atoms with Crippen molar-refractivity contribution in [2.45, 2.75) is 51.2 Å². The molecule has 0 unspecified atom stereocenters. The van der Waals surface area contributed by atoms with Crippen LogP contribution in [0.2, 0.25) is 0 Å². The highest BCUT2D eigenvalue weighted by molar-refractivity contribution is 7.11. The summed E-state index contributed by atoms with van der Waals surface area (Å²) < 4.78 is 43.7. The van der Waals surface area contributed by atoms with E-state index in [2.05, 4.69) is 30.0 Å². The van der Waals surface area contributed by atoms with E-state index in [0.29, 0.717) is 5.56 Å². The van der Waals surface area contributed by atoms with Gasteiger partial charge in [0.05, 0.1) is 17.4 Å². The number of allylic oxidation sites excluding steroid dienone is 1. The number of carbonyl (C=O) groups excluding carboxylic acids is 1. The van der Waals surface area contributed by atoms with E-state index in [0.717, 1.165) is 56.4 Å². The number of benzene rings is 1. The van der Waals surface area contributed by atoms with E-state index >= 15 is 0 Å². The number of carbonyl (C=O) groups is 1. The van der Waals surface area contributed by atoms with Gasteiger partial charge in [-0.1, -0.05) is 50.2 Å². The Labute approximate surface area is 260 Å². The fraction of sp³-hybridized carbons (Fsp3) is 0.273. The smallest absolute Gasteiger partial charge is 0.265 e. The van der Waals surface area contributed by atoms with Gasteiger partial charge in [0, 0.05) is 27.3 Å². The summed E-state index contributed by atoms with van der Waals surface area (Å²) >= 11 is 3.18. The predicted octanol–water partition coefficient (Wildman–Crippen LogP) is 9.10. The Bertz CT molecular complexity index is 1890. The molecule has 1 aromatic carbocycles. The van der Waals surface area contributed by atoms with Gasteiger partial charge in [0.25, 0.3) is 5.91 Å². The zero-order valence-electron chi connectivity index (χ0n) is 24.0. The van der Waals surface area contributed by atoms with Crippen molar-refractivity contribution in [3.8, 4) is 11.3 Å². The average molecular weight is 632 g/mol. The molecule has 1 amide bonds. The normalized spacial score (nSPS) is 19.6. The van der Waals surface area contributed by atoms with Gasteiger partial charge in [-0.25, -0.2) is 14.5 Å². The van der Waals surface area contributed by atoms with Crippen molar-refractivity contribution in [1.29, 1.82) is 0 Å². The molecule has 4 aromatic heterocycles. The number of hydrogen-bond acceptors (Lipinski definition) is 6. The highest BCUT2D eigenvalue weighted by Crippen LogP contribution is 2.46. The van der Waals surface area contributed by atoms with Crippen LogP contribution in [0.1, 0.15) is 76.6 Å². The van der Waals surface area contributed by atoms with Crippen LogP contribution in [0, 0.1) is 5.92 Å². The van der Waals surface area contributed by atoms with Gasteiger partial charge in [-0.15, -0.1) is 22.7 Å². The highest BCUT2D eigenvalue weighted by atomic mass is 32.1. The third kappa shape index (κ3) is 5.17. The number of amides is 1. The number of nitrogens with zero attached hydrogens (tertiary/aromatic N) is 5. The molecule has 0 bridgehead atoms. The number of thiophene rings is 2. The van der Waals surface area contributed by atoms with E-state index in [1.807, 2.05) is 47.2 Å². The van der Waals surface area contributed by atoms with Crippen molar-refractivity contribution in [2.24, 2.45) is 11.0 Å². The van der Waals surface area contributed by atoms with Gasteiger partial charge in [-0.3, -0.25) is 4.79 Å². The molecule has 0 saturated heterocycles. The summed E-state index contributed by atoms with van der Waals surface area (Å²) in [6.07, 6.45) is 0.0785. The van der Waals surface area contributed by atoms with Gasteiger partial charge in [-0.05, 0) is 71.4 Å². The first-order valence-corrected chi connectivity index (χ1v) is 16.2. The minimum absolute atomic E-state index is 0.0149. The van der Waals surface area contributed by atoms with E-state index in [1.54, 1.807) is 34.8 Å². The maximum absolute atomic E-state index is 14.3. The fourth-order valence-electron chi connectivity index (χ4n) is 6.04. The highest BCUT2D eigenvalue weighted by Gasteiger charge is 2.45. The molecule has 0 spiro atoms. The Balaban J connectivity index is 1.31. The molecule has 11 heteroatoms. The Morgan fingerprint density at radius 1 is 1.05 bits per heavy atom. The van der Waals surface area contributed by atoms with Crippen LogP contribution in [-0.2, 0) is 6.18 Å². The Morgan fingerprint density at radius 3 is 2.50 bits per heavy atom. The lowest BCUT2D eigenvalue weighted by atomic mass is 9.79. The van der Waals surface area contributed by atoms with Crippen LogP contribution in [-0.4, -0.2) is 31.2 Å². The molecule has 44 heavy (non-hydrogen) atoms. The second kappa shape index (κ2) is 11.1. The number of alkyl halides is 3. The standard InChI is InChI=1S/C33H28F3N5OS2/c1-19(2)20-10-12-21(13-11-20)25-17-28(33(34,35)36)40-29(37-25)18-26(38-40)32(42)41-31(27-9-5-15-44-27)24-8-3-6-22(30(24)39-41)16-23-7-4-14-43-23/h4-5,7,9-19,24,31H,3,6,8H2,1-2H3/b22-16+/t24-,31-/m0/s1. The minimum Gasteiger partial charge on any atom is -0.265 e. The third-order valence-electron chi connectivity index (χ3n) is 8.21. The van der Waals surface area contributed by atoms with Gasteiger partial charge in [0.1, 0.15) is 0 Å². The molecule has 224 valence electrons. The molecule has 1 aliphatic carbocycles. The number of aromatic nitrogens is 3. The average Bonchev–Trinajstić information content (AvgIpc) is 3.82.